The number of hydrogen-bond acceptors (Lipinski definition) is 2. The summed E-state index contributed by atoms with van der Waals surface area (Å²) in [5.74, 6) is -0.423. The van der Waals surface area contributed by atoms with Crippen LogP contribution in [0.4, 0.5) is 4.39 Å². The van der Waals surface area contributed by atoms with Gasteiger partial charge in [0.2, 0.25) is 5.91 Å². The van der Waals surface area contributed by atoms with Crippen LogP contribution in [0.1, 0.15) is 18.4 Å². The van der Waals surface area contributed by atoms with Gasteiger partial charge in [-0.3, -0.25) is 4.79 Å². The molecule has 3 nitrogen and oxygen atoms in total. The Bertz CT molecular complexity index is 389. The number of amides is 1. The summed E-state index contributed by atoms with van der Waals surface area (Å²) in [5, 5.41) is 6.15. The van der Waals surface area contributed by atoms with E-state index in [4.69, 9.17) is 0 Å². The smallest absolute Gasteiger partial charge is 0.224 e. The summed E-state index contributed by atoms with van der Waals surface area (Å²) in [7, 11) is 0. The molecular weight excluding hydrogens is 219 g/mol. The number of piperidine rings is 1. The molecule has 0 aromatic heterocycles. The molecule has 0 bridgehead atoms. The molecule has 4 heteroatoms. The third kappa shape index (κ3) is 3.53. The Kier molecular flexibility index (Phi) is 4.09. The standard InChI is InChI=1S/C13H17FN2O/c14-12-6-2-1-4-10(12)8-13(17)16-11-5-3-7-15-9-11/h1-2,4,6,11,15H,3,5,7-9H2,(H,16,17). The van der Waals surface area contributed by atoms with Crippen LogP contribution in [0.2, 0.25) is 0 Å². The summed E-state index contributed by atoms with van der Waals surface area (Å²) in [6.07, 6.45) is 2.18. The molecule has 1 aromatic rings. The molecule has 0 aliphatic carbocycles. The molecule has 1 unspecified atom stereocenters. The van der Waals surface area contributed by atoms with Crippen molar-refractivity contribution < 1.29 is 9.18 Å². The summed E-state index contributed by atoms with van der Waals surface area (Å²) in [6.45, 7) is 1.82. The van der Waals surface area contributed by atoms with E-state index in [1.54, 1.807) is 18.2 Å². The molecule has 1 saturated heterocycles. The van der Waals surface area contributed by atoms with E-state index in [2.05, 4.69) is 10.6 Å². The molecule has 2 rings (SSSR count). The molecule has 1 heterocycles. The van der Waals surface area contributed by atoms with Crippen molar-refractivity contribution in [2.75, 3.05) is 13.1 Å². The fourth-order valence-electron chi connectivity index (χ4n) is 2.07. The highest BCUT2D eigenvalue weighted by atomic mass is 19.1. The van der Waals surface area contributed by atoms with E-state index in [-0.39, 0.29) is 24.2 Å². The number of carbonyl (C=O) groups excluding carboxylic acids is 1. The Hall–Kier alpha value is -1.42. The van der Waals surface area contributed by atoms with Crippen LogP contribution < -0.4 is 10.6 Å². The van der Waals surface area contributed by atoms with Crippen LogP contribution in [0.3, 0.4) is 0 Å². The lowest BCUT2D eigenvalue weighted by Crippen LogP contribution is -2.46. The van der Waals surface area contributed by atoms with Gasteiger partial charge in [0.15, 0.2) is 0 Å². The average Bonchev–Trinajstić information content (AvgIpc) is 2.33. The van der Waals surface area contributed by atoms with Crippen LogP contribution in [0, 0.1) is 5.82 Å². The quantitative estimate of drug-likeness (QED) is 0.829. The van der Waals surface area contributed by atoms with Gasteiger partial charge in [-0.1, -0.05) is 18.2 Å². The molecule has 0 saturated carbocycles. The van der Waals surface area contributed by atoms with Crippen LogP contribution in [0.15, 0.2) is 24.3 Å². The number of rotatable bonds is 3. The van der Waals surface area contributed by atoms with Crippen molar-refractivity contribution in [3.63, 3.8) is 0 Å². The van der Waals surface area contributed by atoms with E-state index in [1.165, 1.54) is 6.07 Å². The molecule has 17 heavy (non-hydrogen) atoms. The first kappa shape index (κ1) is 12.0. The highest BCUT2D eigenvalue weighted by Gasteiger charge is 2.16. The Labute approximate surface area is 100 Å². The third-order valence-corrected chi connectivity index (χ3v) is 2.97. The van der Waals surface area contributed by atoms with Gasteiger partial charge in [-0.25, -0.2) is 4.39 Å². The number of nitrogens with one attached hydrogen (secondary N) is 2. The van der Waals surface area contributed by atoms with Crippen LogP contribution in [-0.4, -0.2) is 25.0 Å². The van der Waals surface area contributed by atoms with Gasteiger partial charge in [0, 0.05) is 12.6 Å². The van der Waals surface area contributed by atoms with E-state index in [1.807, 2.05) is 0 Å². The van der Waals surface area contributed by atoms with Gasteiger partial charge < -0.3 is 10.6 Å². The second kappa shape index (κ2) is 5.77. The molecule has 1 amide bonds. The van der Waals surface area contributed by atoms with Crippen molar-refractivity contribution in [2.24, 2.45) is 0 Å². The summed E-state index contributed by atoms with van der Waals surface area (Å²) in [5.41, 5.74) is 0.453. The molecule has 1 aliphatic rings. The van der Waals surface area contributed by atoms with Crippen molar-refractivity contribution in [3.05, 3.63) is 35.6 Å². The minimum Gasteiger partial charge on any atom is -0.352 e. The molecule has 1 fully saturated rings. The van der Waals surface area contributed by atoms with Crippen molar-refractivity contribution >= 4 is 5.91 Å². The summed E-state index contributed by atoms with van der Waals surface area (Å²) < 4.78 is 13.3. The van der Waals surface area contributed by atoms with Crippen LogP contribution in [0.25, 0.3) is 0 Å². The molecule has 1 aromatic carbocycles. The highest BCUT2D eigenvalue weighted by molar-refractivity contribution is 5.78. The first-order valence-electron chi connectivity index (χ1n) is 5.99. The predicted octanol–water partition coefficient (Wildman–Crippen LogP) is 1.24. The Morgan fingerprint density at radius 2 is 2.29 bits per heavy atom. The number of benzene rings is 1. The van der Waals surface area contributed by atoms with E-state index in [0.717, 1.165) is 25.9 Å². The predicted molar refractivity (Wildman–Crippen MR) is 64.1 cm³/mol. The van der Waals surface area contributed by atoms with Gasteiger partial charge in [-0.2, -0.15) is 0 Å². The molecular formula is C13H17FN2O. The molecule has 1 atom stereocenters. The van der Waals surface area contributed by atoms with Crippen LogP contribution in [-0.2, 0) is 11.2 Å². The summed E-state index contributed by atoms with van der Waals surface area (Å²) in [4.78, 5) is 11.7. The second-order valence-corrected chi connectivity index (χ2v) is 4.38. The fourth-order valence-corrected chi connectivity index (χ4v) is 2.07. The largest absolute Gasteiger partial charge is 0.352 e. The van der Waals surface area contributed by atoms with Crippen molar-refractivity contribution in [1.82, 2.24) is 10.6 Å². The lowest BCUT2D eigenvalue weighted by molar-refractivity contribution is -0.121. The van der Waals surface area contributed by atoms with E-state index in [9.17, 15) is 9.18 Å². The maximum atomic E-state index is 13.3. The van der Waals surface area contributed by atoms with Crippen LogP contribution in [0.5, 0.6) is 0 Å². The zero-order chi connectivity index (χ0) is 12.1. The van der Waals surface area contributed by atoms with Gasteiger partial charge in [0.25, 0.3) is 0 Å². The Morgan fingerprint density at radius 3 is 3.00 bits per heavy atom. The summed E-state index contributed by atoms with van der Waals surface area (Å²) in [6, 6.07) is 6.58. The van der Waals surface area contributed by atoms with E-state index < -0.39 is 0 Å². The van der Waals surface area contributed by atoms with Crippen molar-refractivity contribution in [1.29, 1.82) is 0 Å². The maximum Gasteiger partial charge on any atom is 0.224 e. The van der Waals surface area contributed by atoms with Crippen LogP contribution >= 0.6 is 0 Å². The summed E-state index contributed by atoms with van der Waals surface area (Å²) >= 11 is 0. The zero-order valence-corrected chi connectivity index (χ0v) is 9.71. The SMILES string of the molecule is O=C(Cc1ccccc1F)NC1CCCNC1. The number of carbonyl (C=O) groups is 1. The maximum absolute atomic E-state index is 13.3. The lowest BCUT2D eigenvalue weighted by Gasteiger charge is -2.23. The number of halogens is 1. The topological polar surface area (TPSA) is 41.1 Å². The van der Waals surface area contributed by atoms with E-state index in [0.29, 0.717) is 5.56 Å². The molecule has 0 spiro atoms. The molecule has 1 aliphatic heterocycles. The molecule has 0 radical (unpaired) electrons. The zero-order valence-electron chi connectivity index (χ0n) is 9.71. The monoisotopic (exact) mass is 236 g/mol. The van der Waals surface area contributed by atoms with Gasteiger partial charge in [-0.15, -0.1) is 0 Å². The lowest BCUT2D eigenvalue weighted by atomic mass is 10.1. The molecule has 2 N–H and O–H groups in total. The van der Waals surface area contributed by atoms with Crippen molar-refractivity contribution in [3.8, 4) is 0 Å². The minimum absolute atomic E-state index is 0.108. The molecule has 92 valence electrons. The average molecular weight is 236 g/mol. The fraction of sp³-hybridized carbons (Fsp3) is 0.462. The normalized spacial score (nSPS) is 19.9. The van der Waals surface area contributed by atoms with Gasteiger partial charge in [-0.05, 0) is 31.0 Å². The number of hydrogen-bond donors (Lipinski definition) is 2. The van der Waals surface area contributed by atoms with Gasteiger partial charge in [0.05, 0.1) is 6.42 Å². The van der Waals surface area contributed by atoms with Gasteiger partial charge >= 0.3 is 0 Å². The minimum atomic E-state index is -0.315. The first-order valence-corrected chi connectivity index (χ1v) is 5.99. The third-order valence-electron chi connectivity index (χ3n) is 2.97. The highest BCUT2D eigenvalue weighted by Crippen LogP contribution is 2.08. The Balaban J connectivity index is 1.86. The first-order chi connectivity index (χ1) is 8.25. The van der Waals surface area contributed by atoms with E-state index >= 15 is 0 Å². The second-order valence-electron chi connectivity index (χ2n) is 4.38. The Morgan fingerprint density at radius 1 is 1.47 bits per heavy atom. The van der Waals surface area contributed by atoms with Crippen molar-refractivity contribution in [2.45, 2.75) is 25.3 Å². The van der Waals surface area contributed by atoms with Gasteiger partial charge in [0.1, 0.15) is 5.82 Å².